The second-order valence-electron chi connectivity index (χ2n) is 4.60. The van der Waals surface area contributed by atoms with Gasteiger partial charge < -0.3 is 9.64 Å². The van der Waals surface area contributed by atoms with Crippen LogP contribution in [0.25, 0.3) is 11.1 Å². The third-order valence-corrected chi connectivity index (χ3v) is 3.08. The Bertz CT molecular complexity index is 641. The van der Waals surface area contributed by atoms with Crippen LogP contribution in [0.15, 0.2) is 42.5 Å². The predicted molar refractivity (Wildman–Crippen MR) is 77.9 cm³/mol. The number of nitrogens with zero attached hydrogens (tertiary/aromatic N) is 1. The minimum Gasteiger partial charge on any atom is -0.405 e. The third-order valence-electron chi connectivity index (χ3n) is 2.84. The number of benzene rings is 2. The number of halogens is 4. The first-order valence-corrected chi connectivity index (χ1v) is 6.48. The molecule has 0 unspecified atom stereocenters. The van der Waals surface area contributed by atoms with E-state index in [1.165, 1.54) is 12.1 Å². The number of hydrogen-bond acceptors (Lipinski definition) is 2. The highest BCUT2D eigenvalue weighted by Gasteiger charge is 2.32. The first kappa shape index (κ1) is 15.5. The summed E-state index contributed by atoms with van der Waals surface area (Å²) in [5.74, 6) is -0.240. The van der Waals surface area contributed by atoms with Gasteiger partial charge >= 0.3 is 6.36 Å². The quantitative estimate of drug-likeness (QED) is 0.792. The zero-order chi connectivity index (χ0) is 15.6. The zero-order valence-electron chi connectivity index (χ0n) is 11.4. The van der Waals surface area contributed by atoms with Crippen LogP contribution in [0.5, 0.6) is 5.75 Å². The van der Waals surface area contributed by atoms with Crippen molar-refractivity contribution in [2.45, 2.75) is 6.36 Å². The molecule has 0 saturated heterocycles. The lowest BCUT2D eigenvalue weighted by Gasteiger charge is -2.20. The molecule has 0 N–H and O–H groups in total. The molecule has 0 aromatic heterocycles. The van der Waals surface area contributed by atoms with Crippen molar-refractivity contribution in [3.63, 3.8) is 0 Å². The molecule has 0 fully saturated rings. The van der Waals surface area contributed by atoms with Gasteiger partial charge in [-0.1, -0.05) is 35.9 Å². The van der Waals surface area contributed by atoms with E-state index in [0.717, 1.165) is 0 Å². The van der Waals surface area contributed by atoms with E-state index in [0.29, 0.717) is 21.8 Å². The SMILES string of the molecule is CN(C)c1cc(Cl)ccc1-c1ccccc1OC(F)(F)F. The van der Waals surface area contributed by atoms with Crippen LogP contribution in [0.4, 0.5) is 18.9 Å². The Morgan fingerprint density at radius 2 is 1.67 bits per heavy atom. The Kier molecular flexibility index (Phi) is 4.32. The Hall–Kier alpha value is -1.88. The first-order chi connectivity index (χ1) is 9.78. The Labute approximate surface area is 125 Å². The Morgan fingerprint density at radius 1 is 1.00 bits per heavy atom. The second kappa shape index (κ2) is 5.85. The monoisotopic (exact) mass is 315 g/mol. The number of para-hydroxylation sites is 1. The smallest absolute Gasteiger partial charge is 0.405 e. The van der Waals surface area contributed by atoms with Crippen LogP contribution in [0.3, 0.4) is 0 Å². The Balaban J connectivity index is 2.57. The molecule has 2 nitrogen and oxygen atoms in total. The molecule has 6 heteroatoms. The molecule has 112 valence electrons. The van der Waals surface area contributed by atoms with E-state index in [9.17, 15) is 13.2 Å². The van der Waals surface area contributed by atoms with Crippen LogP contribution in [0.1, 0.15) is 0 Å². The van der Waals surface area contributed by atoms with Gasteiger partial charge in [0.2, 0.25) is 0 Å². The van der Waals surface area contributed by atoms with Crippen LogP contribution in [0, 0.1) is 0 Å². The standard InChI is InChI=1S/C15H13ClF3NO/c1-20(2)13-9-10(16)7-8-11(13)12-5-3-4-6-14(12)21-15(17,18)19/h3-9H,1-2H3. The number of rotatable bonds is 3. The number of ether oxygens (including phenoxy) is 1. The van der Waals surface area contributed by atoms with Crippen molar-refractivity contribution in [3.8, 4) is 16.9 Å². The molecular formula is C15H13ClF3NO. The molecule has 0 amide bonds. The van der Waals surface area contributed by atoms with Crippen molar-refractivity contribution >= 4 is 17.3 Å². The molecule has 2 rings (SSSR count). The highest BCUT2D eigenvalue weighted by Crippen LogP contribution is 2.39. The fourth-order valence-electron chi connectivity index (χ4n) is 2.01. The number of hydrogen-bond donors (Lipinski definition) is 0. The number of alkyl halides is 3. The molecule has 2 aromatic carbocycles. The molecule has 0 radical (unpaired) electrons. The molecule has 0 bridgehead atoms. The molecule has 0 aliphatic carbocycles. The van der Waals surface area contributed by atoms with Gasteiger partial charge in [0.05, 0.1) is 0 Å². The van der Waals surface area contributed by atoms with Crippen molar-refractivity contribution in [2.75, 3.05) is 19.0 Å². The van der Waals surface area contributed by atoms with Crippen molar-refractivity contribution in [1.29, 1.82) is 0 Å². The topological polar surface area (TPSA) is 12.5 Å². The van der Waals surface area contributed by atoms with E-state index in [-0.39, 0.29) is 5.75 Å². The molecule has 21 heavy (non-hydrogen) atoms. The lowest BCUT2D eigenvalue weighted by atomic mass is 10.0. The summed E-state index contributed by atoms with van der Waals surface area (Å²) < 4.78 is 41.6. The summed E-state index contributed by atoms with van der Waals surface area (Å²) in [6.45, 7) is 0. The number of anilines is 1. The van der Waals surface area contributed by atoms with E-state index in [4.69, 9.17) is 11.6 Å². The highest BCUT2D eigenvalue weighted by atomic mass is 35.5. The van der Waals surface area contributed by atoms with Gasteiger partial charge in [0, 0.05) is 35.9 Å². The molecule has 2 aromatic rings. The maximum atomic E-state index is 12.5. The molecule has 0 heterocycles. The molecular weight excluding hydrogens is 303 g/mol. The van der Waals surface area contributed by atoms with Crippen molar-refractivity contribution < 1.29 is 17.9 Å². The van der Waals surface area contributed by atoms with Crippen LogP contribution in [0.2, 0.25) is 5.02 Å². The van der Waals surface area contributed by atoms with Crippen molar-refractivity contribution in [3.05, 3.63) is 47.5 Å². The van der Waals surface area contributed by atoms with Crippen LogP contribution in [-0.4, -0.2) is 20.5 Å². The zero-order valence-corrected chi connectivity index (χ0v) is 12.2. The maximum Gasteiger partial charge on any atom is 0.573 e. The van der Waals surface area contributed by atoms with E-state index in [1.54, 1.807) is 49.3 Å². The van der Waals surface area contributed by atoms with E-state index in [1.807, 2.05) is 0 Å². The van der Waals surface area contributed by atoms with Gasteiger partial charge in [0.1, 0.15) is 5.75 Å². The maximum absolute atomic E-state index is 12.5. The predicted octanol–water partition coefficient (Wildman–Crippen LogP) is 4.97. The summed E-state index contributed by atoms with van der Waals surface area (Å²) in [7, 11) is 3.59. The van der Waals surface area contributed by atoms with Gasteiger partial charge in [0.25, 0.3) is 0 Å². The van der Waals surface area contributed by atoms with Crippen molar-refractivity contribution in [2.24, 2.45) is 0 Å². The van der Waals surface area contributed by atoms with E-state index >= 15 is 0 Å². The van der Waals surface area contributed by atoms with E-state index < -0.39 is 6.36 Å². The first-order valence-electron chi connectivity index (χ1n) is 6.10. The van der Waals surface area contributed by atoms with Gasteiger partial charge in [0.15, 0.2) is 0 Å². The molecule has 0 saturated carbocycles. The minimum atomic E-state index is -4.74. The summed E-state index contributed by atoms with van der Waals surface area (Å²) in [5.41, 5.74) is 1.68. The minimum absolute atomic E-state index is 0.240. The average molecular weight is 316 g/mol. The summed E-state index contributed by atoms with van der Waals surface area (Å²) in [4.78, 5) is 1.78. The second-order valence-corrected chi connectivity index (χ2v) is 5.04. The lowest BCUT2D eigenvalue weighted by molar-refractivity contribution is -0.274. The highest BCUT2D eigenvalue weighted by molar-refractivity contribution is 6.31. The van der Waals surface area contributed by atoms with Gasteiger partial charge in [-0.15, -0.1) is 13.2 Å². The van der Waals surface area contributed by atoms with Gasteiger partial charge in [-0.25, -0.2) is 0 Å². The third kappa shape index (κ3) is 3.82. The molecule has 0 spiro atoms. The fraction of sp³-hybridized carbons (Fsp3) is 0.200. The van der Waals surface area contributed by atoms with Gasteiger partial charge in [-0.05, 0) is 18.2 Å². The van der Waals surface area contributed by atoms with Crippen molar-refractivity contribution in [1.82, 2.24) is 0 Å². The van der Waals surface area contributed by atoms with E-state index in [2.05, 4.69) is 4.74 Å². The van der Waals surface area contributed by atoms with Crippen LogP contribution in [-0.2, 0) is 0 Å². The largest absolute Gasteiger partial charge is 0.573 e. The summed E-state index contributed by atoms with van der Waals surface area (Å²) in [6.07, 6.45) is -4.74. The van der Waals surface area contributed by atoms with Gasteiger partial charge in [-0.2, -0.15) is 0 Å². The van der Waals surface area contributed by atoms with Gasteiger partial charge in [-0.3, -0.25) is 0 Å². The molecule has 0 aliphatic heterocycles. The normalized spacial score (nSPS) is 11.3. The summed E-state index contributed by atoms with van der Waals surface area (Å²) in [5, 5.41) is 0.511. The average Bonchev–Trinajstić information content (AvgIpc) is 2.37. The molecule has 0 aliphatic rings. The fourth-order valence-corrected chi connectivity index (χ4v) is 2.17. The summed E-state index contributed by atoms with van der Waals surface area (Å²) in [6, 6.07) is 11.0. The van der Waals surface area contributed by atoms with Crippen LogP contribution >= 0.6 is 11.6 Å². The Morgan fingerprint density at radius 3 is 2.29 bits per heavy atom. The summed E-state index contributed by atoms with van der Waals surface area (Å²) >= 11 is 5.96. The lowest BCUT2D eigenvalue weighted by Crippen LogP contribution is -2.18. The molecule has 0 atom stereocenters. The van der Waals surface area contributed by atoms with Crippen LogP contribution < -0.4 is 9.64 Å².